The summed E-state index contributed by atoms with van der Waals surface area (Å²) in [5, 5.41) is 9.76. The number of hydrogen-bond acceptors (Lipinski definition) is 4. The molecule has 0 saturated carbocycles. The van der Waals surface area contributed by atoms with E-state index in [-0.39, 0.29) is 11.5 Å². The zero-order chi connectivity index (χ0) is 14.8. The zero-order valence-corrected chi connectivity index (χ0v) is 12.3. The molecule has 0 amide bonds. The first-order chi connectivity index (χ1) is 9.40. The quantitative estimate of drug-likeness (QED) is 0.942. The summed E-state index contributed by atoms with van der Waals surface area (Å²) in [6, 6.07) is 11.0. The van der Waals surface area contributed by atoms with E-state index in [0.29, 0.717) is 22.1 Å². The second-order valence-corrected chi connectivity index (χ2v) is 6.71. The van der Waals surface area contributed by atoms with Gasteiger partial charge in [-0.3, -0.25) is 0 Å². The molecule has 0 bridgehead atoms. The number of benzene rings is 2. The average Bonchev–Trinajstić information content (AvgIpc) is 2.40. The van der Waals surface area contributed by atoms with E-state index in [1.165, 1.54) is 12.1 Å². The number of halogens is 1. The molecule has 0 fully saturated rings. The van der Waals surface area contributed by atoms with Crippen LogP contribution in [-0.2, 0) is 16.4 Å². The number of aliphatic hydroxyl groups is 1. The topological polar surface area (TPSA) is 63.6 Å². The Balaban J connectivity index is 2.36. The van der Waals surface area contributed by atoms with Crippen molar-refractivity contribution in [2.45, 2.75) is 11.5 Å². The Morgan fingerprint density at radius 3 is 2.60 bits per heavy atom. The minimum absolute atomic E-state index is 0.175. The monoisotopic (exact) mass is 312 g/mol. The van der Waals surface area contributed by atoms with E-state index in [1.54, 1.807) is 30.3 Å². The number of sulfone groups is 1. The third-order valence-corrected chi connectivity index (χ3v) is 4.00. The molecule has 0 unspecified atom stereocenters. The standard InChI is InChI=1S/C14H13ClO4S/c1-20(17,18)13-4-2-3-12(8-13)19-14-6-5-11(15)7-10(14)9-16/h2-8,16H,9H2,1H3. The maximum Gasteiger partial charge on any atom is 0.175 e. The smallest absolute Gasteiger partial charge is 0.175 e. The first-order valence-corrected chi connectivity index (χ1v) is 8.04. The van der Waals surface area contributed by atoms with Crippen LogP contribution in [0, 0.1) is 0 Å². The molecule has 0 atom stereocenters. The molecule has 0 radical (unpaired) electrons. The Kier molecular flexibility index (Phi) is 4.32. The van der Waals surface area contributed by atoms with Crippen molar-refractivity contribution in [3.05, 3.63) is 53.1 Å². The van der Waals surface area contributed by atoms with E-state index in [2.05, 4.69) is 0 Å². The van der Waals surface area contributed by atoms with E-state index < -0.39 is 9.84 Å². The molecule has 2 aromatic rings. The van der Waals surface area contributed by atoms with Crippen LogP contribution in [0.25, 0.3) is 0 Å². The molecule has 106 valence electrons. The molecule has 1 N–H and O–H groups in total. The Morgan fingerprint density at radius 1 is 1.20 bits per heavy atom. The number of rotatable bonds is 4. The van der Waals surface area contributed by atoms with Gasteiger partial charge in [0.1, 0.15) is 11.5 Å². The lowest BCUT2D eigenvalue weighted by atomic mass is 10.2. The van der Waals surface area contributed by atoms with Crippen LogP contribution in [0.3, 0.4) is 0 Å². The fourth-order valence-corrected chi connectivity index (χ4v) is 2.52. The van der Waals surface area contributed by atoms with Crippen molar-refractivity contribution in [3.63, 3.8) is 0 Å². The summed E-state index contributed by atoms with van der Waals surface area (Å²) in [6.07, 6.45) is 1.13. The summed E-state index contributed by atoms with van der Waals surface area (Å²) in [5.41, 5.74) is 0.530. The van der Waals surface area contributed by atoms with E-state index in [9.17, 15) is 13.5 Å². The van der Waals surface area contributed by atoms with Crippen LogP contribution in [0.4, 0.5) is 0 Å². The van der Waals surface area contributed by atoms with Gasteiger partial charge in [0.15, 0.2) is 9.84 Å². The predicted molar refractivity (Wildman–Crippen MR) is 77.0 cm³/mol. The molecular formula is C14H13ClO4S. The fourth-order valence-electron chi connectivity index (χ4n) is 1.67. The third kappa shape index (κ3) is 3.50. The summed E-state index contributed by atoms with van der Waals surface area (Å²) in [4.78, 5) is 0.175. The van der Waals surface area contributed by atoms with Crippen molar-refractivity contribution >= 4 is 21.4 Å². The molecule has 2 aromatic carbocycles. The molecule has 0 aliphatic heterocycles. The highest BCUT2D eigenvalue weighted by molar-refractivity contribution is 7.90. The van der Waals surface area contributed by atoms with Gasteiger partial charge in [0.05, 0.1) is 11.5 Å². The van der Waals surface area contributed by atoms with Gasteiger partial charge in [0.2, 0.25) is 0 Å². The SMILES string of the molecule is CS(=O)(=O)c1cccc(Oc2ccc(Cl)cc2CO)c1. The summed E-state index contributed by atoms with van der Waals surface area (Å²) < 4.78 is 28.6. The summed E-state index contributed by atoms with van der Waals surface area (Å²) in [7, 11) is -3.29. The van der Waals surface area contributed by atoms with Crippen LogP contribution in [0.2, 0.25) is 5.02 Å². The van der Waals surface area contributed by atoms with Crippen LogP contribution in [0.1, 0.15) is 5.56 Å². The lowest BCUT2D eigenvalue weighted by molar-refractivity contribution is 0.276. The fraction of sp³-hybridized carbons (Fsp3) is 0.143. The van der Waals surface area contributed by atoms with Gasteiger partial charge >= 0.3 is 0 Å². The van der Waals surface area contributed by atoms with Crippen molar-refractivity contribution in [3.8, 4) is 11.5 Å². The molecule has 0 heterocycles. The van der Waals surface area contributed by atoms with Gasteiger partial charge in [-0.1, -0.05) is 17.7 Å². The van der Waals surface area contributed by atoms with Gasteiger partial charge in [-0.15, -0.1) is 0 Å². The zero-order valence-electron chi connectivity index (χ0n) is 10.7. The lowest BCUT2D eigenvalue weighted by Gasteiger charge is -2.10. The first-order valence-electron chi connectivity index (χ1n) is 5.77. The summed E-state index contributed by atoms with van der Waals surface area (Å²) in [6.45, 7) is -0.221. The minimum atomic E-state index is -3.29. The largest absolute Gasteiger partial charge is 0.457 e. The first kappa shape index (κ1) is 14.8. The third-order valence-electron chi connectivity index (χ3n) is 2.65. The minimum Gasteiger partial charge on any atom is -0.457 e. The number of ether oxygens (including phenoxy) is 1. The second-order valence-electron chi connectivity index (χ2n) is 4.26. The Morgan fingerprint density at radius 2 is 1.95 bits per heavy atom. The average molecular weight is 313 g/mol. The molecule has 0 saturated heterocycles. The highest BCUT2D eigenvalue weighted by atomic mass is 35.5. The van der Waals surface area contributed by atoms with Crippen LogP contribution in [-0.4, -0.2) is 19.8 Å². The maximum atomic E-state index is 11.5. The molecule has 0 aromatic heterocycles. The molecule has 0 spiro atoms. The van der Waals surface area contributed by atoms with Crippen molar-refractivity contribution in [2.24, 2.45) is 0 Å². The van der Waals surface area contributed by atoms with Crippen LogP contribution < -0.4 is 4.74 Å². The lowest BCUT2D eigenvalue weighted by Crippen LogP contribution is -1.97. The van der Waals surface area contributed by atoms with Crippen molar-refractivity contribution in [2.75, 3.05) is 6.26 Å². The predicted octanol–water partition coefficient (Wildman–Crippen LogP) is 3.03. The number of aliphatic hydroxyl groups excluding tert-OH is 1. The van der Waals surface area contributed by atoms with E-state index in [4.69, 9.17) is 16.3 Å². The van der Waals surface area contributed by atoms with Crippen LogP contribution >= 0.6 is 11.6 Å². The summed E-state index contributed by atoms with van der Waals surface area (Å²) >= 11 is 5.84. The van der Waals surface area contributed by atoms with Crippen LogP contribution in [0.15, 0.2) is 47.4 Å². The molecule has 0 aliphatic rings. The van der Waals surface area contributed by atoms with Gasteiger partial charge in [-0.05, 0) is 36.4 Å². The van der Waals surface area contributed by atoms with Gasteiger partial charge in [-0.2, -0.15) is 0 Å². The second kappa shape index (κ2) is 5.83. The van der Waals surface area contributed by atoms with Gasteiger partial charge in [0, 0.05) is 16.8 Å². The highest BCUT2D eigenvalue weighted by Gasteiger charge is 2.10. The van der Waals surface area contributed by atoms with Crippen molar-refractivity contribution in [1.29, 1.82) is 0 Å². The molecule has 0 aliphatic carbocycles. The van der Waals surface area contributed by atoms with Gasteiger partial charge in [0.25, 0.3) is 0 Å². The molecule has 2 rings (SSSR count). The van der Waals surface area contributed by atoms with E-state index >= 15 is 0 Å². The maximum absolute atomic E-state index is 11.5. The number of hydrogen-bond donors (Lipinski definition) is 1. The molecule has 6 heteroatoms. The Hall–Kier alpha value is -1.56. The van der Waals surface area contributed by atoms with E-state index in [0.717, 1.165) is 6.26 Å². The normalized spacial score (nSPS) is 11.3. The van der Waals surface area contributed by atoms with Crippen molar-refractivity contribution in [1.82, 2.24) is 0 Å². The molecule has 20 heavy (non-hydrogen) atoms. The Labute approximate surface area is 122 Å². The van der Waals surface area contributed by atoms with Crippen LogP contribution in [0.5, 0.6) is 11.5 Å². The van der Waals surface area contributed by atoms with Gasteiger partial charge in [-0.25, -0.2) is 8.42 Å². The van der Waals surface area contributed by atoms with E-state index in [1.807, 2.05) is 0 Å². The summed E-state index contributed by atoms with van der Waals surface area (Å²) in [5.74, 6) is 0.812. The van der Waals surface area contributed by atoms with Gasteiger partial charge < -0.3 is 9.84 Å². The van der Waals surface area contributed by atoms with Crippen molar-refractivity contribution < 1.29 is 18.3 Å². The molecular weight excluding hydrogens is 300 g/mol. The molecule has 4 nitrogen and oxygen atoms in total. The highest BCUT2D eigenvalue weighted by Crippen LogP contribution is 2.29. The Bertz CT molecular complexity index is 726.